The van der Waals surface area contributed by atoms with Crippen LogP contribution in [0.25, 0.3) is 16.9 Å². The number of anilines is 2. The lowest BCUT2D eigenvalue weighted by Gasteiger charge is -2.10. The smallest absolute Gasteiger partial charge is 0.227 e. The minimum absolute atomic E-state index is 0.00911. The van der Waals surface area contributed by atoms with Crippen molar-refractivity contribution < 1.29 is 5.11 Å². The molecule has 9 heteroatoms. The molecule has 8 nitrogen and oxygen atoms in total. The Hall–Kier alpha value is -3.04. The predicted octanol–water partition coefficient (Wildman–Crippen LogP) is 2.29. The Bertz CT molecular complexity index is 985. The second-order valence-electron chi connectivity index (χ2n) is 5.53. The number of aromatic nitrogens is 5. The van der Waals surface area contributed by atoms with Crippen LogP contribution in [-0.4, -0.2) is 42.8 Å². The van der Waals surface area contributed by atoms with Gasteiger partial charge in [-0.05, 0) is 23.1 Å². The highest BCUT2D eigenvalue weighted by atomic mass is 32.1. The molecule has 0 bridgehead atoms. The number of pyridine rings is 1. The van der Waals surface area contributed by atoms with Gasteiger partial charge in [0.15, 0.2) is 17.0 Å². The number of imidazole rings is 1. The first-order chi connectivity index (χ1) is 12.8. The summed E-state index contributed by atoms with van der Waals surface area (Å²) in [6, 6.07) is 5.89. The van der Waals surface area contributed by atoms with Gasteiger partial charge in [-0.25, -0.2) is 4.98 Å². The second-order valence-corrected chi connectivity index (χ2v) is 6.31. The third-order valence-corrected chi connectivity index (χ3v) is 4.43. The molecule has 4 aromatic rings. The molecule has 4 aromatic heterocycles. The van der Waals surface area contributed by atoms with E-state index < -0.39 is 0 Å². The number of aliphatic hydroxyl groups excluding tert-OH is 1. The van der Waals surface area contributed by atoms with Crippen molar-refractivity contribution in [2.45, 2.75) is 6.54 Å². The van der Waals surface area contributed by atoms with Crippen molar-refractivity contribution in [3.63, 3.8) is 0 Å². The largest absolute Gasteiger partial charge is 0.395 e. The van der Waals surface area contributed by atoms with Crippen molar-refractivity contribution in [2.24, 2.45) is 0 Å². The van der Waals surface area contributed by atoms with Gasteiger partial charge in [-0.2, -0.15) is 21.3 Å². The fourth-order valence-electron chi connectivity index (χ4n) is 2.54. The monoisotopic (exact) mass is 367 g/mol. The molecular formula is C17H17N7OS. The van der Waals surface area contributed by atoms with Crippen LogP contribution in [0.15, 0.2) is 47.7 Å². The number of hydrogen-bond donors (Lipinski definition) is 3. The fraction of sp³-hybridized carbons (Fsp3) is 0.176. The number of aliphatic hydroxyl groups is 1. The van der Waals surface area contributed by atoms with E-state index in [0.29, 0.717) is 36.0 Å². The topological polar surface area (TPSA) is 101 Å². The molecule has 0 aliphatic rings. The summed E-state index contributed by atoms with van der Waals surface area (Å²) in [6.45, 7) is 0.958. The van der Waals surface area contributed by atoms with Crippen molar-refractivity contribution in [1.82, 2.24) is 24.5 Å². The van der Waals surface area contributed by atoms with Crippen molar-refractivity contribution in [1.29, 1.82) is 0 Å². The third kappa shape index (κ3) is 3.35. The molecule has 0 aliphatic heterocycles. The average Bonchev–Trinajstić information content (AvgIpc) is 3.34. The maximum absolute atomic E-state index is 9.12. The van der Waals surface area contributed by atoms with Crippen molar-refractivity contribution in [2.75, 3.05) is 23.8 Å². The zero-order valence-electron chi connectivity index (χ0n) is 13.8. The van der Waals surface area contributed by atoms with Crippen LogP contribution in [-0.2, 0) is 6.54 Å². The lowest BCUT2D eigenvalue weighted by atomic mass is 10.3. The van der Waals surface area contributed by atoms with Crippen LogP contribution in [0.1, 0.15) is 5.56 Å². The van der Waals surface area contributed by atoms with Crippen LogP contribution < -0.4 is 10.6 Å². The highest BCUT2D eigenvalue weighted by Gasteiger charge is 2.14. The van der Waals surface area contributed by atoms with Gasteiger partial charge in [0.1, 0.15) is 6.33 Å². The average molecular weight is 367 g/mol. The van der Waals surface area contributed by atoms with E-state index in [1.165, 1.54) is 0 Å². The Labute approximate surface area is 153 Å². The van der Waals surface area contributed by atoms with Gasteiger partial charge in [-0.15, -0.1) is 0 Å². The first kappa shape index (κ1) is 16.4. The van der Waals surface area contributed by atoms with Crippen LogP contribution in [0.5, 0.6) is 0 Å². The molecule has 0 spiro atoms. The van der Waals surface area contributed by atoms with E-state index in [9.17, 15) is 0 Å². The molecule has 132 valence electrons. The lowest BCUT2D eigenvalue weighted by molar-refractivity contribution is 0.311. The van der Waals surface area contributed by atoms with Gasteiger partial charge in [0.25, 0.3) is 0 Å². The Morgan fingerprint density at radius 2 is 2.15 bits per heavy atom. The second kappa shape index (κ2) is 7.46. The SMILES string of the molecule is OCCNc1nc(NCc2cccnc2)nc2c1ncn2-c1ccsc1. The summed E-state index contributed by atoms with van der Waals surface area (Å²) < 4.78 is 1.92. The van der Waals surface area contributed by atoms with Gasteiger partial charge in [-0.1, -0.05) is 6.07 Å². The number of nitrogens with zero attached hydrogens (tertiary/aromatic N) is 5. The Morgan fingerprint density at radius 3 is 2.92 bits per heavy atom. The Morgan fingerprint density at radius 1 is 1.19 bits per heavy atom. The molecule has 0 aromatic carbocycles. The number of rotatable bonds is 7. The predicted molar refractivity (Wildman–Crippen MR) is 102 cm³/mol. The quantitative estimate of drug-likeness (QED) is 0.461. The van der Waals surface area contributed by atoms with Crippen LogP contribution in [0.4, 0.5) is 11.8 Å². The minimum Gasteiger partial charge on any atom is -0.395 e. The van der Waals surface area contributed by atoms with E-state index >= 15 is 0 Å². The van der Waals surface area contributed by atoms with Crippen LogP contribution in [0.3, 0.4) is 0 Å². The minimum atomic E-state index is 0.00911. The molecule has 0 saturated heterocycles. The van der Waals surface area contributed by atoms with Crippen LogP contribution in [0.2, 0.25) is 0 Å². The van der Waals surface area contributed by atoms with Gasteiger partial charge >= 0.3 is 0 Å². The van der Waals surface area contributed by atoms with E-state index in [1.807, 2.05) is 33.5 Å². The molecule has 0 amide bonds. The molecule has 0 atom stereocenters. The third-order valence-electron chi connectivity index (χ3n) is 3.76. The summed E-state index contributed by atoms with van der Waals surface area (Å²) in [7, 11) is 0. The number of nitrogens with one attached hydrogen (secondary N) is 2. The summed E-state index contributed by atoms with van der Waals surface area (Å²) in [6.07, 6.45) is 5.27. The molecule has 0 saturated carbocycles. The molecule has 0 aliphatic carbocycles. The molecule has 4 rings (SSSR count). The molecule has 4 heterocycles. The summed E-state index contributed by atoms with van der Waals surface area (Å²) in [5, 5.41) is 19.5. The molecule has 0 unspecified atom stereocenters. The van der Waals surface area contributed by atoms with E-state index in [1.54, 1.807) is 30.1 Å². The summed E-state index contributed by atoms with van der Waals surface area (Å²) in [5.74, 6) is 1.07. The highest BCUT2D eigenvalue weighted by Crippen LogP contribution is 2.24. The van der Waals surface area contributed by atoms with Gasteiger partial charge in [-0.3, -0.25) is 9.55 Å². The summed E-state index contributed by atoms with van der Waals surface area (Å²) >= 11 is 1.61. The zero-order chi connectivity index (χ0) is 17.8. The summed E-state index contributed by atoms with van der Waals surface area (Å²) in [4.78, 5) is 17.7. The Kier molecular flexibility index (Phi) is 4.71. The number of thiophene rings is 1. The molecule has 0 radical (unpaired) electrons. The summed E-state index contributed by atoms with van der Waals surface area (Å²) in [5.41, 5.74) is 3.40. The molecule has 0 fully saturated rings. The van der Waals surface area contributed by atoms with E-state index in [0.717, 1.165) is 11.3 Å². The standard InChI is InChI=1S/C17H17N7OS/c25-6-5-19-15-14-16(24(11-21-14)13-3-7-26-10-13)23-17(22-15)20-9-12-2-1-4-18-8-12/h1-4,7-8,10-11,25H,5-6,9H2,(H2,19,20,22,23). The van der Waals surface area contributed by atoms with Crippen molar-refractivity contribution >= 4 is 34.3 Å². The van der Waals surface area contributed by atoms with Crippen molar-refractivity contribution in [3.05, 3.63) is 53.2 Å². The molecule has 3 N–H and O–H groups in total. The van der Waals surface area contributed by atoms with Gasteiger partial charge in [0, 0.05) is 30.9 Å². The molecule has 26 heavy (non-hydrogen) atoms. The van der Waals surface area contributed by atoms with E-state index in [2.05, 4.69) is 30.6 Å². The first-order valence-electron chi connectivity index (χ1n) is 8.10. The van der Waals surface area contributed by atoms with Crippen LogP contribution in [0, 0.1) is 0 Å². The van der Waals surface area contributed by atoms with Gasteiger partial charge in [0.05, 0.1) is 12.3 Å². The highest BCUT2D eigenvalue weighted by molar-refractivity contribution is 7.08. The maximum atomic E-state index is 9.12. The maximum Gasteiger partial charge on any atom is 0.227 e. The first-order valence-corrected chi connectivity index (χ1v) is 9.04. The van der Waals surface area contributed by atoms with Gasteiger partial charge < -0.3 is 15.7 Å². The van der Waals surface area contributed by atoms with E-state index in [-0.39, 0.29) is 6.61 Å². The normalized spacial score (nSPS) is 11.0. The molecular weight excluding hydrogens is 350 g/mol. The lowest BCUT2D eigenvalue weighted by Crippen LogP contribution is -2.11. The number of fused-ring (bicyclic) bond motifs is 1. The number of hydrogen-bond acceptors (Lipinski definition) is 8. The van der Waals surface area contributed by atoms with Crippen LogP contribution >= 0.6 is 11.3 Å². The van der Waals surface area contributed by atoms with Gasteiger partial charge in [0.2, 0.25) is 5.95 Å². The van der Waals surface area contributed by atoms with E-state index in [4.69, 9.17) is 5.11 Å². The zero-order valence-corrected chi connectivity index (χ0v) is 14.6. The fourth-order valence-corrected chi connectivity index (χ4v) is 3.17. The Balaban J connectivity index is 1.71. The van der Waals surface area contributed by atoms with Crippen molar-refractivity contribution in [3.8, 4) is 5.69 Å².